The summed E-state index contributed by atoms with van der Waals surface area (Å²) in [6, 6.07) is 5.23. The maximum Gasteiger partial charge on any atom is 0.196 e. The Bertz CT molecular complexity index is 712. The average molecular weight is 236 g/mol. The number of rotatable bonds is 2. The van der Waals surface area contributed by atoms with Crippen molar-refractivity contribution in [3.05, 3.63) is 60.4 Å². The summed E-state index contributed by atoms with van der Waals surface area (Å²) >= 11 is 0. The van der Waals surface area contributed by atoms with Gasteiger partial charge in [0.2, 0.25) is 0 Å². The Morgan fingerprint density at radius 1 is 0.889 bits per heavy atom. The molecule has 0 saturated carbocycles. The molecule has 0 aliphatic heterocycles. The van der Waals surface area contributed by atoms with Gasteiger partial charge in [-0.2, -0.15) is 0 Å². The van der Waals surface area contributed by atoms with Gasteiger partial charge in [0.15, 0.2) is 5.78 Å². The highest BCUT2D eigenvalue weighted by molar-refractivity contribution is 6.09. The van der Waals surface area contributed by atoms with Crippen LogP contribution in [0.2, 0.25) is 0 Å². The molecule has 18 heavy (non-hydrogen) atoms. The third-order valence-corrected chi connectivity index (χ3v) is 2.55. The molecule has 5 nitrogen and oxygen atoms in total. The maximum atomic E-state index is 12.2. The Morgan fingerprint density at radius 2 is 1.61 bits per heavy atom. The van der Waals surface area contributed by atoms with Crippen LogP contribution in [-0.2, 0) is 0 Å². The van der Waals surface area contributed by atoms with E-state index in [1.807, 2.05) is 0 Å². The van der Waals surface area contributed by atoms with Crippen LogP contribution in [0, 0.1) is 0 Å². The summed E-state index contributed by atoms with van der Waals surface area (Å²) in [7, 11) is 0. The molecule has 3 rings (SSSR count). The summed E-state index contributed by atoms with van der Waals surface area (Å²) in [5, 5.41) is 0. The largest absolute Gasteiger partial charge is 0.288 e. The van der Waals surface area contributed by atoms with Crippen LogP contribution < -0.4 is 0 Å². The number of fused-ring (bicyclic) bond motifs is 1. The lowest BCUT2D eigenvalue weighted by atomic mass is 10.1. The zero-order chi connectivity index (χ0) is 12.4. The van der Waals surface area contributed by atoms with Crippen LogP contribution in [0.1, 0.15) is 15.9 Å². The molecule has 1 aromatic carbocycles. The standard InChI is InChI=1S/C13H8N4O/c18-13(10-6-14-8-15-7-10)9-1-2-11-12(5-9)17-4-3-16-11/h1-8H. The molecule has 3 aromatic rings. The first-order chi connectivity index (χ1) is 8.84. The van der Waals surface area contributed by atoms with E-state index in [4.69, 9.17) is 0 Å². The third-order valence-electron chi connectivity index (χ3n) is 2.55. The first kappa shape index (κ1) is 10.5. The molecule has 2 aromatic heterocycles. The minimum atomic E-state index is -0.122. The number of benzene rings is 1. The van der Waals surface area contributed by atoms with Gasteiger partial charge in [-0.25, -0.2) is 9.97 Å². The van der Waals surface area contributed by atoms with Gasteiger partial charge in [-0.05, 0) is 18.2 Å². The Balaban J connectivity index is 2.07. The van der Waals surface area contributed by atoms with Gasteiger partial charge in [0, 0.05) is 30.4 Å². The van der Waals surface area contributed by atoms with E-state index >= 15 is 0 Å². The van der Waals surface area contributed by atoms with Crippen molar-refractivity contribution in [3.63, 3.8) is 0 Å². The molecule has 0 amide bonds. The molecule has 0 spiro atoms. The Morgan fingerprint density at radius 3 is 2.39 bits per heavy atom. The number of aromatic nitrogens is 4. The number of hydrogen-bond donors (Lipinski definition) is 0. The molecule has 0 aliphatic rings. The fraction of sp³-hybridized carbons (Fsp3) is 0. The van der Waals surface area contributed by atoms with Gasteiger partial charge >= 0.3 is 0 Å². The van der Waals surface area contributed by atoms with E-state index in [1.165, 1.54) is 18.7 Å². The van der Waals surface area contributed by atoms with E-state index in [0.29, 0.717) is 16.6 Å². The van der Waals surface area contributed by atoms with Crippen LogP contribution in [0.5, 0.6) is 0 Å². The minimum Gasteiger partial charge on any atom is -0.288 e. The molecule has 0 unspecified atom stereocenters. The Labute approximate surface area is 103 Å². The quantitative estimate of drug-likeness (QED) is 0.633. The van der Waals surface area contributed by atoms with E-state index in [1.54, 1.807) is 30.6 Å². The second kappa shape index (κ2) is 4.29. The maximum absolute atomic E-state index is 12.2. The van der Waals surface area contributed by atoms with Crippen LogP contribution in [0.4, 0.5) is 0 Å². The van der Waals surface area contributed by atoms with Crippen LogP contribution >= 0.6 is 0 Å². The molecular formula is C13H8N4O. The van der Waals surface area contributed by atoms with Crippen molar-refractivity contribution in [3.8, 4) is 0 Å². The molecule has 86 valence electrons. The molecule has 0 bridgehead atoms. The highest BCUT2D eigenvalue weighted by Gasteiger charge is 2.10. The van der Waals surface area contributed by atoms with Gasteiger partial charge in [-0.15, -0.1) is 0 Å². The normalized spacial score (nSPS) is 10.4. The molecule has 0 aliphatic carbocycles. The average Bonchev–Trinajstić information content (AvgIpc) is 2.47. The van der Waals surface area contributed by atoms with Crippen molar-refractivity contribution in [1.82, 2.24) is 19.9 Å². The molecular weight excluding hydrogens is 228 g/mol. The highest BCUT2D eigenvalue weighted by atomic mass is 16.1. The molecule has 2 heterocycles. The van der Waals surface area contributed by atoms with E-state index in [2.05, 4.69) is 19.9 Å². The Kier molecular flexibility index (Phi) is 2.49. The number of carbonyl (C=O) groups excluding carboxylic acids is 1. The fourth-order valence-corrected chi connectivity index (χ4v) is 1.69. The van der Waals surface area contributed by atoms with Gasteiger partial charge in [0.05, 0.1) is 16.6 Å². The lowest BCUT2D eigenvalue weighted by Crippen LogP contribution is -2.02. The molecule has 0 fully saturated rings. The lowest BCUT2D eigenvalue weighted by molar-refractivity contribution is 0.103. The molecule has 0 N–H and O–H groups in total. The molecule has 0 saturated heterocycles. The zero-order valence-corrected chi connectivity index (χ0v) is 9.32. The van der Waals surface area contributed by atoms with E-state index < -0.39 is 0 Å². The lowest BCUT2D eigenvalue weighted by Gasteiger charge is -2.01. The molecule has 0 atom stereocenters. The van der Waals surface area contributed by atoms with Gasteiger partial charge in [0.25, 0.3) is 0 Å². The minimum absolute atomic E-state index is 0.122. The first-order valence-corrected chi connectivity index (χ1v) is 5.35. The van der Waals surface area contributed by atoms with Crippen LogP contribution in [0.3, 0.4) is 0 Å². The monoisotopic (exact) mass is 236 g/mol. The van der Waals surface area contributed by atoms with Gasteiger partial charge in [-0.1, -0.05) is 0 Å². The van der Waals surface area contributed by atoms with E-state index in [9.17, 15) is 4.79 Å². The van der Waals surface area contributed by atoms with E-state index in [-0.39, 0.29) is 5.78 Å². The van der Waals surface area contributed by atoms with Crippen molar-refractivity contribution in [2.45, 2.75) is 0 Å². The summed E-state index contributed by atoms with van der Waals surface area (Å²) in [6.07, 6.45) is 7.60. The number of nitrogens with zero attached hydrogens (tertiary/aromatic N) is 4. The second-order valence-corrected chi connectivity index (χ2v) is 3.72. The third kappa shape index (κ3) is 1.82. The summed E-state index contributed by atoms with van der Waals surface area (Å²) in [5.41, 5.74) is 2.47. The van der Waals surface area contributed by atoms with Gasteiger partial charge in [0.1, 0.15) is 6.33 Å². The molecule has 5 heteroatoms. The summed E-state index contributed by atoms with van der Waals surface area (Å²) in [5.74, 6) is -0.122. The number of hydrogen-bond acceptors (Lipinski definition) is 5. The SMILES string of the molecule is O=C(c1cncnc1)c1ccc2nccnc2c1. The van der Waals surface area contributed by atoms with Crippen LogP contribution in [0.25, 0.3) is 11.0 Å². The summed E-state index contributed by atoms with van der Waals surface area (Å²) in [4.78, 5) is 28.2. The Hall–Kier alpha value is -2.69. The number of carbonyl (C=O) groups is 1. The van der Waals surface area contributed by atoms with Crippen molar-refractivity contribution >= 4 is 16.8 Å². The van der Waals surface area contributed by atoms with Crippen molar-refractivity contribution in [1.29, 1.82) is 0 Å². The first-order valence-electron chi connectivity index (χ1n) is 5.35. The topological polar surface area (TPSA) is 68.6 Å². The van der Waals surface area contributed by atoms with Crippen molar-refractivity contribution < 1.29 is 4.79 Å². The highest BCUT2D eigenvalue weighted by Crippen LogP contribution is 2.14. The molecule has 0 radical (unpaired) electrons. The predicted molar refractivity (Wildman–Crippen MR) is 65.0 cm³/mol. The van der Waals surface area contributed by atoms with Crippen molar-refractivity contribution in [2.24, 2.45) is 0 Å². The van der Waals surface area contributed by atoms with Gasteiger partial charge in [-0.3, -0.25) is 14.8 Å². The summed E-state index contributed by atoms with van der Waals surface area (Å²) < 4.78 is 0. The van der Waals surface area contributed by atoms with Crippen LogP contribution in [-0.4, -0.2) is 25.7 Å². The van der Waals surface area contributed by atoms with Crippen molar-refractivity contribution in [2.75, 3.05) is 0 Å². The fourth-order valence-electron chi connectivity index (χ4n) is 1.69. The number of ketones is 1. The van der Waals surface area contributed by atoms with Gasteiger partial charge < -0.3 is 0 Å². The summed E-state index contributed by atoms with van der Waals surface area (Å²) in [6.45, 7) is 0. The second-order valence-electron chi connectivity index (χ2n) is 3.72. The van der Waals surface area contributed by atoms with Crippen LogP contribution in [0.15, 0.2) is 49.3 Å². The van der Waals surface area contributed by atoms with E-state index in [0.717, 1.165) is 5.52 Å². The predicted octanol–water partition coefficient (Wildman–Crippen LogP) is 1.65. The zero-order valence-electron chi connectivity index (χ0n) is 9.32. The smallest absolute Gasteiger partial charge is 0.196 e.